The van der Waals surface area contributed by atoms with Crippen LogP contribution in [0.25, 0.3) is 0 Å². The molecule has 7 N–H and O–H groups in total. The van der Waals surface area contributed by atoms with Gasteiger partial charge in [0.2, 0.25) is 0 Å². The molecule has 12 nitrogen and oxygen atoms in total. The van der Waals surface area contributed by atoms with Crippen molar-refractivity contribution in [3.05, 3.63) is 39.9 Å². The molecule has 1 aliphatic heterocycles. The Hall–Kier alpha value is -3.65. The predicted molar refractivity (Wildman–Crippen MR) is 108 cm³/mol. The summed E-state index contributed by atoms with van der Waals surface area (Å²) in [5.41, 5.74) is 5.56. The van der Waals surface area contributed by atoms with Crippen LogP contribution in [0.1, 0.15) is 33.6 Å². The van der Waals surface area contributed by atoms with Crippen molar-refractivity contribution in [3.63, 3.8) is 0 Å². The Morgan fingerprint density at radius 2 is 2.10 bits per heavy atom. The van der Waals surface area contributed by atoms with E-state index >= 15 is 0 Å². The Labute approximate surface area is 179 Å². The molecule has 1 amide bonds. The van der Waals surface area contributed by atoms with E-state index in [0.717, 1.165) is 11.3 Å². The number of aryl methyl sites for hydroxylation is 1. The zero-order valence-corrected chi connectivity index (χ0v) is 16.6. The number of carbonyl (C=O) groups is 3. The van der Waals surface area contributed by atoms with Crippen LogP contribution in [0.4, 0.5) is 5.13 Å². The highest BCUT2D eigenvalue weighted by Gasteiger charge is 2.39. The van der Waals surface area contributed by atoms with Crippen LogP contribution in [-0.2, 0) is 22.4 Å². The Balaban J connectivity index is 1.83. The number of oxime groups is 1. The maximum atomic E-state index is 12.5. The monoisotopic (exact) mass is 448 g/mol. The van der Waals surface area contributed by atoms with Crippen molar-refractivity contribution in [3.8, 4) is 5.75 Å². The highest BCUT2D eigenvalue weighted by molar-refractivity contribution is 7.13. The summed E-state index contributed by atoms with van der Waals surface area (Å²) < 4.78 is 5.39. The summed E-state index contributed by atoms with van der Waals surface area (Å²) in [5.74, 6) is -4.33. The minimum absolute atomic E-state index is 0.0135. The molecule has 0 fully saturated rings. The molecule has 0 bridgehead atoms. The lowest BCUT2D eigenvalue weighted by atomic mass is 9.72. The Morgan fingerprint density at radius 1 is 1.35 bits per heavy atom. The fraction of sp³-hybridized carbons (Fsp3) is 0.235. The smallest absolute Gasteiger partial charge is 0.534 e. The second kappa shape index (κ2) is 9.01. The number of carboxylic acids is 2. The molecule has 0 unspecified atom stereocenters. The number of nitrogens with one attached hydrogen (secondary N) is 1. The summed E-state index contributed by atoms with van der Waals surface area (Å²) >= 11 is 1.04. The quantitative estimate of drug-likeness (QED) is 0.142. The second-order valence-corrected chi connectivity index (χ2v) is 7.49. The third-order valence-electron chi connectivity index (χ3n) is 4.57. The summed E-state index contributed by atoms with van der Waals surface area (Å²) in [7, 11) is -1.61. The number of aromatic nitrogens is 1. The normalized spacial score (nSPS) is 15.7. The summed E-state index contributed by atoms with van der Waals surface area (Å²) in [5, 5.41) is 45.0. The first-order chi connectivity index (χ1) is 14.7. The fourth-order valence-electron chi connectivity index (χ4n) is 3.16. The van der Waals surface area contributed by atoms with Gasteiger partial charge in [-0.3, -0.25) is 9.59 Å². The van der Waals surface area contributed by atoms with E-state index < -0.39 is 36.6 Å². The molecule has 2 heterocycles. The van der Waals surface area contributed by atoms with Crippen LogP contribution in [-0.4, -0.2) is 62.0 Å². The summed E-state index contributed by atoms with van der Waals surface area (Å²) in [6.45, 7) is 0. The van der Waals surface area contributed by atoms with Crippen molar-refractivity contribution < 1.29 is 39.5 Å². The van der Waals surface area contributed by atoms with Crippen molar-refractivity contribution in [1.29, 1.82) is 0 Å². The number of anilines is 1. The van der Waals surface area contributed by atoms with Gasteiger partial charge in [-0.2, -0.15) is 0 Å². The number of benzene rings is 1. The van der Waals surface area contributed by atoms with Crippen LogP contribution in [0.5, 0.6) is 5.75 Å². The molecule has 0 saturated heterocycles. The number of carboxylic acid groups (broad SMARTS) is 2. The molecule has 2 aromatic rings. The van der Waals surface area contributed by atoms with Crippen molar-refractivity contribution in [1.82, 2.24) is 10.3 Å². The molecule has 1 atom stereocenters. The van der Waals surface area contributed by atoms with E-state index in [9.17, 15) is 29.7 Å². The Morgan fingerprint density at radius 3 is 2.68 bits per heavy atom. The van der Waals surface area contributed by atoms with Gasteiger partial charge in [0.05, 0.1) is 5.94 Å². The van der Waals surface area contributed by atoms with Crippen LogP contribution in [0, 0.1) is 0 Å². The van der Waals surface area contributed by atoms with Crippen molar-refractivity contribution in [2.45, 2.75) is 25.2 Å². The van der Waals surface area contributed by atoms with Crippen LogP contribution in [0.2, 0.25) is 0 Å². The SMILES string of the molecule is Nc1nc(/C(=N/O)C(=O)N[C@H]2Cc3ccc(CCC(=O)O)c(C(=O)O)c3OB2O)cs1. The van der Waals surface area contributed by atoms with Crippen molar-refractivity contribution >= 4 is 47.1 Å². The highest BCUT2D eigenvalue weighted by Crippen LogP contribution is 2.33. The maximum absolute atomic E-state index is 12.5. The number of thiazole rings is 1. The molecule has 0 radical (unpaired) electrons. The van der Waals surface area contributed by atoms with Crippen LogP contribution < -0.4 is 15.7 Å². The molecule has 0 spiro atoms. The zero-order valence-electron chi connectivity index (χ0n) is 15.8. The predicted octanol–water partition coefficient (Wildman–Crippen LogP) is -0.241. The number of nitrogens with zero attached hydrogens (tertiary/aromatic N) is 2. The number of fused-ring (bicyclic) bond motifs is 1. The van der Waals surface area contributed by atoms with Gasteiger partial charge in [-0.1, -0.05) is 17.3 Å². The van der Waals surface area contributed by atoms with E-state index in [0.29, 0.717) is 5.56 Å². The van der Waals surface area contributed by atoms with Crippen LogP contribution in [0.3, 0.4) is 0 Å². The molecule has 0 saturated carbocycles. The van der Waals surface area contributed by atoms with Gasteiger partial charge in [0.25, 0.3) is 5.91 Å². The van der Waals surface area contributed by atoms with Crippen LogP contribution >= 0.6 is 11.3 Å². The first-order valence-electron chi connectivity index (χ1n) is 8.90. The van der Waals surface area contributed by atoms with E-state index in [1.807, 2.05) is 0 Å². The number of nitrogen functional groups attached to an aromatic ring is 1. The number of nitrogens with two attached hydrogens (primary N) is 1. The number of hydrogen-bond donors (Lipinski definition) is 6. The minimum Gasteiger partial charge on any atom is -0.534 e. The molecule has 162 valence electrons. The number of hydrogen-bond acceptors (Lipinski definition) is 10. The second-order valence-electron chi connectivity index (χ2n) is 6.60. The molecular weight excluding hydrogens is 431 g/mol. The Bertz CT molecular complexity index is 1070. The first kappa shape index (κ1) is 22.0. The standard InChI is InChI=1S/C17H17BN4O8S/c19-17-20-9(6-31-17)13(22-29)15(25)21-10-5-8-2-1-7(3-4-11(23)24)12(16(26)27)14(8)30-18(10)28/h1-2,6,10,28-29H,3-5H2,(H2,19,20)(H,21,25)(H,23,24)(H,26,27)/b22-13-/t10-/m0/s1. The third-order valence-corrected chi connectivity index (χ3v) is 5.24. The topological polar surface area (TPSA) is 205 Å². The number of rotatable bonds is 7. The van der Waals surface area contributed by atoms with E-state index in [2.05, 4.69) is 15.5 Å². The van der Waals surface area contributed by atoms with Crippen LogP contribution in [0.15, 0.2) is 22.7 Å². The molecule has 1 aromatic heterocycles. The Kier molecular flexibility index (Phi) is 6.41. The maximum Gasteiger partial charge on any atom is 0.547 e. The molecule has 1 aromatic carbocycles. The number of aromatic carboxylic acids is 1. The lowest BCUT2D eigenvalue weighted by Crippen LogP contribution is -2.54. The van der Waals surface area contributed by atoms with Crippen molar-refractivity contribution in [2.75, 3.05) is 5.73 Å². The first-order valence-corrected chi connectivity index (χ1v) is 9.78. The number of carbonyl (C=O) groups excluding carboxylic acids is 1. The lowest BCUT2D eigenvalue weighted by molar-refractivity contribution is -0.137. The molecule has 1 aliphatic rings. The molecule has 3 rings (SSSR count). The van der Waals surface area contributed by atoms with Gasteiger partial charge < -0.3 is 36.1 Å². The molecule has 0 aliphatic carbocycles. The van der Waals surface area contributed by atoms with Gasteiger partial charge in [-0.05, 0) is 24.0 Å². The zero-order chi connectivity index (χ0) is 22.7. The van der Waals surface area contributed by atoms with Crippen molar-refractivity contribution in [2.24, 2.45) is 5.16 Å². The van der Waals surface area contributed by atoms with Gasteiger partial charge in [0, 0.05) is 11.8 Å². The van der Waals surface area contributed by atoms with Gasteiger partial charge in [0.1, 0.15) is 17.0 Å². The average Bonchev–Trinajstić information content (AvgIpc) is 3.12. The summed E-state index contributed by atoms with van der Waals surface area (Å²) in [6, 6.07) is 3.02. The van der Waals surface area contributed by atoms with Gasteiger partial charge >= 0.3 is 19.1 Å². The molecule has 14 heteroatoms. The number of amides is 1. The van der Waals surface area contributed by atoms with E-state index in [4.69, 9.17) is 15.5 Å². The average molecular weight is 448 g/mol. The lowest BCUT2D eigenvalue weighted by Gasteiger charge is -2.29. The largest absolute Gasteiger partial charge is 0.547 e. The van der Waals surface area contributed by atoms with Gasteiger partial charge in [-0.25, -0.2) is 9.78 Å². The summed E-state index contributed by atoms with van der Waals surface area (Å²) in [4.78, 5) is 38.9. The van der Waals surface area contributed by atoms with Gasteiger partial charge in [-0.15, -0.1) is 11.3 Å². The van der Waals surface area contributed by atoms with E-state index in [1.54, 1.807) is 6.07 Å². The minimum atomic E-state index is -1.61. The number of aliphatic carboxylic acids is 1. The van der Waals surface area contributed by atoms with E-state index in [1.165, 1.54) is 11.4 Å². The summed E-state index contributed by atoms with van der Waals surface area (Å²) in [6.07, 6.45) is -0.290. The highest BCUT2D eigenvalue weighted by atomic mass is 32.1. The van der Waals surface area contributed by atoms with E-state index in [-0.39, 0.29) is 47.0 Å². The fourth-order valence-corrected chi connectivity index (χ4v) is 3.70. The third kappa shape index (κ3) is 4.75. The molecule has 31 heavy (non-hydrogen) atoms. The molecular formula is C17H17BN4O8S. The van der Waals surface area contributed by atoms with Gasteiger partial charge in [0.15, 0.2) is 10.8 Å².